The van der Waals surface area contributed by atoms with Gasteiger partial charge in [-0.2, -0.15) is 9.50 Å². The van der Waals surface area contributed by atoms with Gasteiger partial charge in [-0.25, -0.2) is 0 Å². The maximum absolute atomic E-state index is 13.0. The van der Waals surface area contributed by atoms with Gasteiger partial charge in [0.25, 0.3) is 5.56 Å². The summed E-state index contributed by atoms with van der Waals surface area (Å²) in [6.07, 6.45) is 2.29. The summed E-state index contributed by atoms with van der Waals surface area (Å²) in [6.45, 7) is 3.95. The molecule has 0 spiro atoms. The standard InChI is InChI=1S/C24H22ClN5O2/c1-14-6-9-16(10-7-14)22-27-24-29(20-5-3-4-18(20)23(32)30(24)28-22)13-21(31)26-17-11-8-15(2)19(25)12-17/h6-12H,3-5,13H2,1-2H3,(H,26,31). The molecule has 0 saturated carbocycles. The fraction of sp³-hybridized carbons (Fsp3) is 0.250. The third-order valence-electron chi connectivity index (χ3n) is 5.86. The van der Waals surface area contributed by atoms with Crippen LogP contribution in [-0.4, -0.2) is 25.1 Å². The Morgan fingerprint density at radius 1 is 1.12 bits per heavy atom. The molecule has 0 fully saturated rings. The van der Waals surface area contributed by atoms with Crippen LogP contribution >= 0.6 is 11.6 Å². The first-order valence-electron chi connectivity index (χ1n) is 10.5. The number of fused-ring (bicyclic) bond motifs is 2. The summed E-state index contributed by atoms with van der Waals surface area (Å²) in [7, 11) is 0. The lowest BCUT2D eigenvalue weighted by Gasteiger charge is -2.14. The van der Waals surface area contributed by atoms with E-state index < -0.39 is 0 Å². The fourth-order valence-corrected chi connectivity index (χ4v) is 4.31. The molecule has 8 heteroatoms. The van der Waals surface area contributed by atoms with Gasteiger partial charge in [0.05, 0.1) is 0 Å². The van der Waals surface area contributed by atoms with Crippen LogP contribution in [0.25, 0.3) is 17.2 Å². The predicted molar refractivity (Wildman–Crippen MR) is 124 cm³/mol. The molecule has 162 valence electrons. The Balaban J connectivity index is 1.56. The molecule has 0 aliphatic heterocycles. The number of nitrogens with zero attached hydrogens (tertiary/aromatic N) is 4. The highest BCUT2D eigenvalue weighted by Crippen LogP contribution is 2.24. The van der Waals surface area contributed by atoms with E-state index in [-0.39, 0.29) is 18.0 Å². The maximum Gasteiger partial charge on any atom is 0.279 e. The minimum Gasteiger partial charge on any atom is -0.324 e. The van der Waals surface area contributed by atoms with E-state index in [1.54, 1.807) is 6.07 Å². The lowest BCUT2D eigenvalue weighted by atomic mass is 10.1. The molecule has 0 bridgehead atoms. The first-order chi connectivity index (χ1) is 15.4. The Bertz CT molecular complexity index is 1420. The zero-order valence-electron chi connectivity index (χ0n) is 17.9. The monoisotopic (exact) mass is 447 g/mol. The summed E-state index contributed by atoms with van der Waals surface area (Å²) in [6, 6.07) is 13.2. The average molecular weight is 448 g/mol. The Morgan fingerprint density at radius 2 is 1.91 bits per heavy atom. The number of aromatic nitrogens is 4. The van der Waals surface area contributed by atoms with Crippen LogP contribution in [0.3, 0.4) is 0 Å². The molecule has 5 rings (SSSR count). The van der Waals surface area contributed by atoms with Crippen LogP contribution < -0.4 is 10.9 Å². The number of benzene rings is 2. The van der Waals surface area contributed by atoms with E-state index in [0.717, 1.165) is 35.2 Å². The number of aryl methyl sites for hydroxylation is 2. The summed E-state index contributed by atoms with van der Waals surface area (Å²) < 4.78 is 3.15. The first-order valence-corrected chi connectivity index (χ1v) is 10.9. The third kappa shape index (κ3) is 3.58. The van der Waals surface area contributed by atoms with Gasteiger partial charge in [0.2, 0.25) is 11.7 Å². The molecule has 1 aliphatic rings. The number of hydrogen-bond donors (Lipinski definition) is 1. The molecule has 2 heterocycles. The summed E-state index contributed by atoms with van der Waals surface area (Å²) in [5, 5.41) is 7.97. The maximum atomic E-state index is 13.0. The molecule has 1 amide bonds. The first kappa shape index (κ1) is 20.5. The normalized spacial score (nSPS) is 12.8. The molecular formula is C24H22ClN5O2. The minimum absolute atomic E-state index is 0.0314. The SMILES string of the molecule is Cc1ccc(-c2nc3n(CC(=O)Nc4ccc(C)c(Cl)c4)c4c(c(=O)n3n2)CCC4)cc1. The minimum atomic E-state index is -0.218. The number of halogens is 1. The molecule has 0 radical (unpaired) electrons. The van der Waals surface area contributed by atoms with Gasteiger partial charge in [-0.3, -0.25) is 9.59 Å². The highest BCUT2D eigenvalue weighted by molar-refractivity contribution is 6.31. The van der Waals surface area contributed by atoms with Crippen LogP contribution in [0, 0.1) is 13.8 Å². The van der Waals surface area contributed by atoms with Crippen LogP contribution in [0.1, 0.15) is 28.8 Å². The number of anilines is 1. The number of carbonyl (C=O) groups is 1. The largest absolute Gasteiger partial charge is 0.324 e. The average Bonchev–Trinajstić information content (AvgIpc) is 3.42. The smallest absolute Gasteiger partial charge is 0.279 e. The van der Waals surface area contributed by atoms with Gasteiger partial charge < -0.3 is 9.88 Å². The van der Waals surface area contributed by atoms with Crippen molar-refractivity contribution in [2.75, 3.05) is 5.32 Å². The molecule has 1 N–H and O–H groups in total. The van der Waals surface area contributed by atoms with Crippen molar-refractivity contribution in [3.8, 4) is 11.4 Å². The van der Waals surface area contributed by atoms with Gasteiger partial charge in [-0.1, -0.05) is 47.5 Å². The van der Waals surface area contributed by atoms with E-state index in [4.69, 9.17) is 11.6 Å². The van der Waals surface area contributed by atoms with Gasteiger partial charge in [0, 0.05) is 27.5 Å². The molecule has 32 heavy (non-hydrogen) atoms. The summed E-state index contributed by atoms with van der Waals surface area (Å²) in [4.78, 5) is 30.6. The van der Waals surface area contributed by atoms with E-state index >= 15 is 0 Å². The van der Waals surface area contributed by atoms with E-state index in [2.05, 4.69) is 15.4 Å². The van der Waals surface area contributed by atoms with Gasteiger partial charge in [0.1, 0.15) is 6.54 Å². The molecule has 0 unspecified atom stereocenters. The molecular weight excluding hydrogens is 426 g/mol. The molecule has 2 aromatic carbocycles. The van der Waals surface area contributed by atoms with Gasteiger partial charge in [-0.15, -0.1) is 5.10 Å². The lowest BCUT2D eigenvalue weighted by molar-refractivity contribution is -0.116. The molecule has 1 aliphatic carbocycles. The summed E-state index contributed by atoms with van der Waals surface area (Å²) in [5.41, 5.74) is 4.94. The number of nitrogens with one attached hydrogen (secondary N) is 1. The van der Waals surface area contributed by atoms with Crippen LogP contribution in [0.4, 0.5) is 5.69 Å². The second-order valence-electron chi connectivity index (χ2n) is 8.20. The molecule has 2 aromatic heterocycles. The molecule has 0 atom stereocenters. The lowest BCUT2D eigenvalue weighted by Crippen LogP contribution is -2.28. The molecule has 4 aromatic rings. The van der Waals surface area contributed by atoms with Gasteiger partial charge in [-0.05, 0) is 50.8 Å². The van der Waals surface area contributed by atoms with Crippen LogP contribution in [0.5, 0.6) is 0 Å². The van der Waals surface area contributed by atoms with Gasteiger partial charge >= 0.3 is 0 Å². The summed E-state index contributed by atoms with van der Waals surface area (Å²) >= 11 is 6.19. The highest BCUT2D eigenvalue weighted by atomic mass is 35.5. The molecule has 7 nitrogen and oxygen atoms in total. The van der Waals surface area contributed by atoms with E-state index in [0.29, 0.717) is 34.3 Å². The van der Waals surface area contributed by atoms with Crippen molar-refractivity contribution in [2.45, 2.75) is 39.7 Å². The van der Waals surface area contributed by atoms with Gasteiger partial charge in [0.15, 0.2) is 5.82 Å². The Kier molecular flexibility index (Phi) is 5.06. The van der Waals surface area contributed by atoms with Crippen molar-refractivity contribution in [3.63, 3.8) is 0 Å². The second kappa shape index (κ2) is 7.91. The van der Waals surface area contributed by atoms with E-state index in [1.165, 1.54) is 4.52 Å². The van der Waals surface area contributed by atoms with Crippen molar-refractivity contribution < 1.29 is 4.79 Å². The zero-order valence-corrected chi connectivity index (χ0v) is 18.6. The van der Waals surface area contributed by atoms with Crippen LogP contribution in [0.15, 0.2) is 47.3 Å². The molecule has 0 saturated heterocycles. The highest BCUT2D eigenvalue weighted by Gasteiger charge is 2.25. The van der Waals surface area contributed by atoms with E-state index in [1.807, 2.05) is 54.8 Å². The predicted octanol–water partition coefficient (Wildman–Crippen LogP) is 3.96. The number of amides is 1. The van der Waals surface area contributed by atoms with Crippen molar-refractivity contribution in [3.05, 3.63) is 80.2 Å². The Labute approximate surface area is 189 Å². The van der Waals surface area contributed by atoms with Crippen LogP contribution in [-0.2, 0) is 24.2 Å². The van der Waals surface area contributed by atoms with Crippen molar-refractivity contribution in [2.24, 2.45) is 0 Å². The van der Waals surface area contributed by atoms with Crippen LogP contribution in [0.2, 0.25) is 5.02 Å². The topological polar surface area (TPSA) is 81.3 Å². The van der Waals surface area contributed by atoms with Crippen molar-refractivity contribution in [1.29, 1.82) is 0 Å². The zero-order chi connectivity index (χ0) is 22.4. The summed E-state index contributed by atoms with van der Waals surface area (Å²) in [5.74, 6) is 0.623. The Morgan fingerprint density at radius 3 is 2.66 bits per heavy atom. The Hall–Kier alpha value is -3.45. The fourth-order valence-electron chi connectivity index (χ4n) is 4.13. The number of carbonyl (C=O) groups excluding carboxylic acids is 1. The number of hydrogen-bond acceptors (Lipinski definition) is 4. The quantitative estimate of drug-likeness (QED) is 0.513. The number of rotatable bonds is 4. The van der Waals surface area contributed by atoms with E-state index in [9.17, 15) is 9.59 Å². The third-order valence-corrected chi connectivity index (χ3v) is 6.27. The van der Waals surface area contributed by atoms with Crippen molar-refractivity contribution >= 4 is 29.0 Å². The van der Waals surface area contributed by atoms with Crippen molar-refractivity contribution in [1.82, 2.24) is 19.2 Å². The second-order valence-corrected chi connectivity index (χ2v) is 8.60.